The molecule has 2 aromatic carbocycles. The van der Waals surface area contributed by atoms with E-state index in [9.17, 15) is 26.4 Å². The Labute approximate surface area is 196 Å². The lowest BCUT2D eigenvalue weighted by Crippen LogP contribution is -2.57. The summed E-state index contributed by atoms with van der Waals surface area (Å²) in [6.07, 6.45) is -4.17. The van der Waals surface area contributed by atoms with Gasteiger partial charge in [-0.15, -0.1) is 0 Å². The largest absolute Gasteiger partial charge is 0.457 e. The van der Waals surface area contributed by atoms with Crippen molar-refractivity contribution in [2.75, 3.05) is 40.4 Å². The highest BCUT2D eigenvalue weighted by Gasteiger charge is 2.52. The molecule has 0 bridgehead atoms. The molecular formula is C23H27F3N2O5S. The van der Waals surface area contributed by atoms with Gasteiger partial charge in [-0.25, -0.2) is 8.42 Å². The van der Waals surface area contributed by atoms with Crippen LogP contribution in [-0.4, -0.2) is 64.4 Å². The molecule has 1 N–H and O–H groups in total. The molecule has 11 heteroatoms. The summed E-state index contributed by atoms with van der Waals surface area (Å²) < 4.78 is 74.3. The van der Waals surface area contributed by atoms with Crippen LogP contribution >= 0.6 is 0 Å². The first-order chi connectivity index (χ1) is 16.0. The van der Waals surface area contributed by atoms with E-state index >= 15 is 0 Å². The number of hydrogen-bond donors (Lipinski definition) is 1. The molecule has 186 valence electrons. The van der Waals surface area contributed by atoms with E-state index < -0.39 is 32.2 Å². The number of benzene rings is 2. The van der Waals surface area contributed by atoms with Crippen LogP contribution in [0.2, 0.25) is 0 Å². The van der Waals surface area contributed by atoms with E-state index in [1.54, 1.807) is 7.11 Å². The molecule has 0 aromatic heterocycles. The van der Waals surface area contributed by atoms with Gasteiger partial charge in [0.2, 0.25) is 5.91 Å². The normalized spacial score (nSPS) is 16.7. The Morgan fingerprint density at radius 1 is 1.03 bits per heavy atom. The summed E-state index contributed by atoms with van der Waals surface area (Å²) in [7, 11) is -1.04. The number of carbonyl (C=O) groups is 1. The van der Waals surface area contributed by atoms with E-state index in [1.165, 1.54) is 43.4 Å². The van der Waals surface area contributed by atoms with Gasteiger partial charge in [-0.1, -0.05) is 0 Å². The molecule has 1 fully saturated rings. The van der Waals surface area contributed by atoms with Crippen molar-refractivity contribution in [1.29, 1.82) is 0 Å². The van der Waals surface area contributed by atoms with Crippen molar-refractivity contribution in [2.45, 2.75) is 28.7 Å². The van der Waals surface area contributed by atoms with Crippen LogP contribution in [0.15, 0.2) is 53.4 Å². The van der Waals surface area contributed by atoms with Gasteiger partial charge in [0.25, 0.3) is 0 Å². The highest BCUT2D eigenvalue weighted by Crippen LogP contribution is 2.37. The molecule has 0 unspecified atom stereocenters. The number of ether oxygens (including phenoxy) is 2. The smallest absolute Gasteiger partial charge is 0.416 e. The van der Waals surface area contributed by atoms with E-state index in [-0.39, 0.29) is 29.2 Å². The highest BCUT2D eigenvalue weighted by molar-refractivity contribution is 7.93. The van der Waals surface area contributed by atoms with Gasteiger partial charge in [-0.3, -0.25) is 4.79 Å². The van der Waals surface area contributed by atoms with Crippen LogP contribution in [0.25, 0.3) is 0 Å². The van der Waals surface area contributed by atoms with Crippen molar-refractivity contribution < 1.29 is 35.9 Å². The molecule has 1 heterocycles. The number of carbonyl (C=O) groups excluding carboxylic acids is 1. The van der Waals surface area contributed by atoms with Crippen LogP contribution in [0.3, 0.4) is 0 Å². The third-order valence-corrected chi connectivity index (χ3v) is 8.50. The van der Waals surface area contributed by atoms with Crippen molar-refractivity contribution in [3.8, 4) is 11.5 Å². The summed E-state index contributed by atoms with van der Waals surface area (Å²) in [5, 5.41) is 2.50. The second-order valence-electron chi connectivity index (χ2n) is 8.01. The SMILES string of the molecule is CNC(=O)C1(S(=O)(=O)c2ccc(Oc3ccc(C(F)(F)F)cc3)cc2)CCN(CCOC)CC1. The van der Waals surface area contributed by atoms with Crippen molar-refractivity contribution in [3.63, 3.8) is 0 Å². The van der Waals surface area contributed by atoms with E-state index in [2.05, 4.69) is 10.2 Å². The maximum absolute atomic E-state index is 13.6. The number of halogens is 3. The molecule has 1 amide bonds. The number of methoxy groups -OCH3 is 1. The molecule has 0 saturated carbocycles. The van der Waals surface area contributed by atoms with Gasteiger partial charge >= 0.3 is 6.18 Å². The molecule has 1 aliphatic rings. The molecule has 1 aliphatic heterocycles. The van der Waals surface area contributed by atoms with Crippen LogP contribution in [0.1, 0.15) is 18.4 Å². The fourth-order valence-corrected chi connectivity index (χ4v) is 5.98. The van der Waals surface area contributed by atoms with Gasteiger partial charge in [-0.2, -0.15) is 13.2 Å². The van der Waals surface area contributed by atoms with Crippen molar-refractivity contribution >= 4 is 15.7 Å². The Morgan fingerprint density at radius 3 is 2.03 bits per heavy atom. The Kier molecular flexibility index (Phi) is 7.89. The zero-order chi connectivity index (χ0) is 25.0. The quantitative estimate of drug-likeness (QED) is 0.597. The minimum atomic E-state index is -4.45. The average Bonchev–Trinajstić information content (AvgIpc) is 2.82. The van der Waals surface area contributed by atoms with Gasteiger partial charge in [0.05, 0.1) is 17.1 Å². The Balaban J connectivity index is 1.79. The summed E-state index contributed by atoms with van der Waals surface area (Å²) in [6.45, 7) is 2.03. The number of piperidine rings is 1. The first kappa shape index (κ1) is 26.0. The van der Waals surface area contributed by atoms with Crippen LogP contribution < -0.4 is 10.1 Å². The Bertz CT molecular complexity index is 1080. The molecule has 7 nitrogen and oxygen atoms in total. The third-order valence-electron chi connectivity index (χ3n) is 5.98. The highest BCUT2D eigenvalue weighted by atomic mass is 32.2. The lowest BCUT2D eigenvalue weighted by molar-refractivity contribution is -0.137. The number of amides is 1. The zero-order valence-electron chi connectivity index (χ0n) is 18.9. The van der Waals surface area contributed by atoms with Crippen molar-refractivity contribution in [2.24, 2.45) is 0 Å². The molecule has 1 saturated heterocycles. The summed E-state index contributed by atoms with van der Waals surface area (Å²) in [4.78, 5) is 14.8. The summed E-state index contributed by atoms with van der Waals surface area (Å²) in [6, 6.07) is 9.69. The van der Waals surface area contributed by atoms with Gasteiger partial charge in [-0.05, 0) is 61.4 Å². The maximum atomic E-state index is 13.6. The van der Waals surface area contributed by atoms with Crippen molar-refractivity contribution in [3.05, 3.63) is 54.1 Å². The second-order valence-corrected chi connectivity index (χ2v) is 10.3. The number of nitrogens with zero attached hydrogens (tertiary/aromatic N) is 1. The minimum absolute atomic E-state index is 0.0267. The van der Waals surface area contributed by atoms with Gasteiger partial charge in [0.1, 0.15) is 11.5 Å². The lowest BCUT2D eigenvalue weighted by Gasteiger charge is -2.39. The monoisotopic (exact) mass is 500 g/mol. The Morgan fingerprint density at radius 2 is 1.56 bits per heavy atom. The van der Waals surface area contributed by atoms with Gasteiger partial charge < -0.3 is 19.7 Å². The summed E-state index contributed by atoms with van der Waals surface area (Å²) in [5.41, 5.74) is -0.797. The first-order valence-electron chi connectivity index (χ1n) is 10.7. The van der Waals surface area contributed by atoms with Gasteiger partial charge in [0, 0.05) is 33.8 Å². The molecule has 34 heavy (non-hydrogen) atoms. The molecule has 0 aliphatic carbocycles. The maximum Gasteiger partial charge on any atom is 0.416 e. The molecule has 0 radical (unpaired) electrons. The van der Waals surface area contributed by atoms with E-state index in [4.69, 9.17) is 9.47 Å². The number of likely N-dealkylation sites (tertiary alicyclic amines) is 1. The fourth-order valence-electron chi connectivity index (χ4n) is 3.96. The topological polar surface area (TPSA) is 84.9 Å². The van der Waals surface area contributed by atoms with E-state index in [0.717, 1.165) is 12.1 Å². The van der Waals surface area contributed by atoms with Crippen LogP contribution in [0, 0.1) is 0 Å². The average molecular weight is 501 g/mol. The Hall–Kier alpha value is -2.63. The molecule has 0 spiro atoms. The summed E-state index contributed by atoms with van der Waals surface area (Å²) in [5.74, 6) is -0.125. The lowest BCUT2D eigenvalue weighted by atomic mass is 9.94. The summed E-state index contributed by atoms with van der Waals surface area (Å²) >= 11 is 0. The molecular weight excluding hydrogens is 473 g/mol. The zero-order valence-corrected chi connectivity index (χ0v) is 19.7. The number of hydrogen-bond acceptors (Lipinski definition) is 6. The molecule has 0 atom stereocenters. The van der Waals surface area contributed by atoms with Gasteiger partial charge in [0.15, 0.2) is 14.6 Å². The van der Waals surface area contributed by atoms with Crippen LogP contribution in [-0.2, 0) is 25.5 Å². The number of nitrogens with one attached hydrogen (secondary N) is 1. The molecule has 3 rings (SSSR count). The third kappa shape index (κ3) is 5.37. The minimum Gasteiger partial charge on any atom is -0.457 e. The molecule has 2 aromatic rings. The standard InChI is InChI=1S/C23H27F3N2O5S/c1-27-21(29)22(11-13-28(14-12-22)15-16-32-2)34(30,31)20-9-7-19(8-10-20)33-18-5-3-17(4-6-18)23(24,25)26/h3-10H,11-16H2,1-2H3,(H,27,29). The fraction of sp³-hybridized carbons (Fsp3) is 0.435. The van der Waals surface area contributed by atoms with Crippen LogP contribution in [0.5, 0.6) is 11.5 Å². The number of alkyl halides is 3. The second kappa shape index (κ2) is 10.3. The van der Waals surface area contributed by atoms with E-state index in [1.807, 2.05) is 0 Å². The predicted octanol–water partition coefficient (Wildman–Crippen LogP) is 3.50. The van der Waals surface area contributed by atoms with Crippen molar-refractivity contribution in [1.82, 2.24) is 10.2 Å². The first-order valence-corrected chi connectivity index (χ1v) is 12.1. The number of sulfone groups is 1. The number of rotatable bonds is 8. The van der Waals surface area contributed by atoms with Crippen LogP contribution in [0.4, 0.5) is 13.2 Å². The van der Waals surface area contributed by atoms with E-state index in [0.29, 0.717) is 26.2 Å². The predicted molar refractivity (Wildman–Crippen MR) is 119 cm³/mol.